The number of hydrogen-bond donors (Lipinski definition) is 1. The topological polar surface area (TPSA) is 24.9 Å². The molecular formula is C13H11BrClFN2. The highest BCUT2D eigenvalue weighted by Gasteiger charge is 2.03. The van der Waals surface area contributed by atoms with Gasteiger partial charge in [0.15, 0.2) is 0 Å². The van der Waals surface area contributed by atoms with Crippen molar-refractivity contribution in [2.75, 3.05) is 11.9 Å². The van der Waals surface area contributed by atoms with Crippen molar-refractivity contribution < 1.29 is 4.39 Å². The lowest BCUT2D eigenvalue weighted by Gasteiger charge is -2.08. The Bertz CT molecular complexity index is 548. The van der Waals surface area contributed by atoms with Gasteiger partial charge in [0.2, 0.25) is 0 Å². The fraction of sp³-hybridized carbons (Fsp3) is 0.154. The number of nitrogens with zero attached hydrogens (tertiary/aromatic N) is 1. The van der Waals surface area contributed by atoms with Gasteiger partial charge < -0.3 is 5.32 Å². The summed E-state index contributed by atoms with van der Waals surface area (Å²) in [5.74, 6) is 0.526. The normalized spacial score (nSPS) is 10.4. The van der Waals surface area contributed by atoms with Crippen LogP contribution >= 0.6 is 27.5 Å². The van der Waals surface area contributed by atoms with Crippen LogP contribution in [0.1, 0.15) is 5.56 Å². The maximum absolute atomic E-state index is 13.4. The molecule has 0 unspecified atom stereocenters. The van der Waals surface area contributed by atoms with Gasteiger partial charge in [-0.1, -0.05) is 29.8 Å². The second kappa shape index (κ2) is 6.16. The van der Waals surface area contributed by atoms with Crippen LogP contribution < -0.4 is 5.32 Å². The Labute approximate surface area is 118 Å². The number of rotatable bonds is 4. The molecule has 0 bridgehead atoms. The summed E-state index contributed by atoms with van der Waals surface area (Å²) in [5, 5.41) is 3.70. The van der Waals surface area contributed by atoms with Crippen LogP contribution in [0, 0.1) is 5.82 Å². The van der Waals surface area contributed by atoms with E-state index in [2.05, 4.69) is 26.2 Å². The minimum Gasteiger partial charge on any atom is -0.369 e. The maximum atomic E-state index is 13.4. The van der Waals surface area contributed by atoms with Gasteiger partial charge in [-0.05, 0) is 40.0 Å². The molecular weight excluding hydrogens is 319 g/mol. The van der Waals surface area contributed by atoms with E-state index >= 15 is 0 Å². The van der Waals surface area contributed by atoms with E-state index in [1.165, 1.54) is 6.07 Å². The minimum absolute atomic E-state index is 0.178. The molecule has 1 aromatic heterocycles. The predicted octanol–water partition coefficient (Wildman–Crippen LogP) is 4.29. The van der Waals surface area contributed by atoms with Crippen LogP contribution in [0.4, 0.5) is 10.2 Å². The van der Waals surface area contributed by atoms with Crippen molar-refractivity contribution in [1.82, 2.24) is 4.98 Å². The molecule has 94 valence electrons. The Kier molecular flexibility index (Phi) is 4.55. The Morgan fingerprint density at radius 1 is 1.33 bits per heavy atom. The number of nitrogens with one attached hydrogen (secondary N) is 1. The summed E-state index contributed by atoms with van der Waals surface area (Å²) < 4.78 is 14.2. The van der Waals surface area contributed by atoms with Gasteiger partial charge >= 0.3 is 0 Å². The zero-order valence-electron chi connectivity index (χ0n) is 9.46. The first-order chi connectivity index (χ1) is 8.66. The van der Waals surface area contributed by atoms with E-state index < -0.39 is 0 Å². The molecule has 0 aliphatic rings. The number of hydrogen-bond acceptors (Lipinski definition) is 2. The Morgan fingerprint density at radius 3 is 2.83 bits per heavy atom. The average Bonchev–Trinajstić information content (AvgIpc) is 2.34. The van der Waals surface area contributed by atoms with Crippen molar-refractivity contribution in [2.45, 2.75) is 6.42 Å². The van der Waals surface area contributed by atoms with E-state index in [9.17, 15) is 4.39 Å². The van der Waals surface area contributed by atoms with Gasteiger partial charge in [-0.25, -0.2) is 9.37 Å². The molecule has 0 spiro atoms. The van der Waals surface area contributed by atoms with E-state index in [1.54, 1.807) is 24.4 Å². The van der Waals surface area contributed by atoms with E-state index in [0.717, 1.165) is 4.47 Å². The highest BCUT2D eigenvalue weighted by Crippen LogP contribution is 2.23. The third-order valence-corrected chi connectivity index (χ3v) is 3.26. The lowest BCUT2D eigenvalue weighted by molar-refractivity contribution is 0.610. The summed E-state index contributed by atoms with van der Waals surface area (Å²) in [5.41, 5.74) is 0.690. The van der Waals surface area contributed by atoms with Crippen molar-refractivity contribution in [3.63, 3.8) is 0 Å². The molecule has 1 aromatic carbocycles. The monoisotopic (exact) mass is 328 g/mol. The lowest BCUT2D eigenvalue weighted by Crippen LogP contribution is -2.07. The van der Waals surface area contributed by atoms with Crippen molar-refractivity contribution in [3.8, 4) is 0 Å². The molecule has 0 atom stereocenters. The Balaban J connectivity index is 1.95. The zero-order valence-corrected chi connectivity index (χ0v) is 11.8. The molecule has 0 aliphatic heterocycles. The van der Waals surface area contributed by atoms with E-state index in [0.29, 0.717) is 29.4 Å². The summed E-state index contributed by atoms with van der Waals surface area (Å²) in [6.45, 7) is 0.605. The fourth-order valence-electron chi connectivity index (χ4n) is 1.56. The van der Waals surface area contributed by atoms with Crippen molar-refractivity contribution >= 4 is 33.3 Å². The summed E-state index contributed by atoms with van der Waals surface area (Å²) >= 11 is 9.16. The van der Waals surface area contributed by atoms with Crippen molar-refractivity contribution in [2.24, 2.45) is 0 Å². The highest BCUT2D eigenvalue weighted by molar-refractivity contribution is 9.10. The summed E-state index contributed by atoms with van der Waals surface area (Å²) in [7, 11) is 0. The molecule has 1 heterocycles. The Morgan fingerprint density at radius 2 is 2.11 bits per heavy atom. The van der Waals surface area contributed by atoms with Crippen LogP contribution in [0.5, 0.6) is 0 Å². The predicted molar refractivity (Wildman–Crippen MR) is 75.5 cm³/mol. The SMILES string of the molecule is Fc1ccccc1CCNc1ncc(Cl)cc1Br. The second-order valence-electron chi connectivity index (χ2n) is 3.75. The first kappa shape index (κ1) is 13.3. The number of halogens is 3. The molecule has 0 amide bonds. The van der Waals surface area contributed by atoms with Gasteiger partial charge in [-0.2, -0.15) is 0 Å². The average molecular weight is 330 g/mol. The molecule has 0 fully saturated rings. The maximum Gasteiger partial charge on any atom is 0.140 e. The van der Waals surface area contributed by atoms with E-state index in [1.807, 2.05) is 6.07 Å². The van der Waals surface area contributed by atoms with Gasteiger partial charge in [-0.3, -0.25) is 0 Å². The molecule has 0 saturated carbocycles. The molecule has 5 heteroatoms. The smallest absolute Gasteiger partial charge is 0.140 e. The van der Waals surface area contributed by atoms with Crippen molar-refractivity contribution in [3.05, 3.63) is 57.4 Å². The van der Waals surface area contributed by atoms with E-state index in [-0.39, 0.29) is 5.82 Å². The van der Waals surface area contributed by atoms with Crippen LogP contribution in [0.2, 0.25) is 5.02 Å². The van der Waals surface area contributed by atoms with Crippen LogP contribution in [-0.4, -0.2) is 11.5 Å². The number of benzene rings is 1. The van der Waals surface area contributed by atoms with Gasteiger partial charge in [0.25, 0.3) is 0 Å². The molecule has 18 heavy (non-hydrogen) atoms. The minimum atomic E-state index is -0.178. The highest BCUT2D eigenvalue weighted by atomic mass is 79.9. The molecule has 2 nitrogen and oxygen atoms in total. The van der Waals surface area contributed by atoms with Crippen LogP contribution in [0.15, 0.2) is 41.0 Å². The zero-order chi connectivity index (χ0) is 13.0. The molecule has 0 aliphatic carbocycles. The largest absolute Gasteiger partial charge is 0.369 e. The molecule has 0 radical (unpaired) electrons. The van der Waals surface area contributed by atoms with Gasteiger partial charge in [0.1, 0.15) is 11.6 Å². The van der Waals surface area contributed by atoms with Crippen molar-refractivity contribution in [1.29, 1.82) is 0 Å². The lowest BCUT2D eigenvalue weighted by atomic mass is 10.1. The van der Waals surface area contributed by atoms with Gasteiger partial charge in [0, 0.05) is 12.7 Å². The van der Waals surface area contributed by atoms with Gasteiger partial charge in [0.05, 0.1) is 9.50 Å². The summed E-state index contributed by atoms with van der Waals surface area (Å²) in [6, 6.07) is 8.52. The molecule has 1 N–H and O–H groups in total. The van der Waals surface area contributed by atoms with Crippen LogP contribution in [-0.2, 0) is 6.42 Å². The molecule has 2 rings (SSSR count). The fourth-order valence-corrected chi connectivity index (χ4v) is 2.34. The third-order valence-electron chi connectivity index (χ3n) is 2.45. The third kappa shape index (κ3) is 3.43. The Hall–Kier alpha value is -1.13. The van der Waals surface area contributed by atoms with Crippen LogP contribution in [0.3, 0.4) is 0 Å². The molecule has 2 aromatic rings. The number of aromatic nitrogens is 1. The second-order valence-corrected chi connectivity index (χ2v) is 5.04. The quantitative estimate of drug-likeness (QED) is 0.905. The standard InChI is InChI=1S/C13H11BrClFN2/c14-11-7-10(15)8-18-13(11)17-6-5-9-3-1-2-4-12(9)16/h1-4,7-8H,5-6H2,(H,17,18). The van der Waals surface area contributed by atoms with Crippen LogP contribution in [0.25, 0.3) is 0 Å². The first-order valence-corrected chi connectivity index (χ1v) is 6.62. The summed E-state index contributed by atoms with van der Waals surface area (Å²) in [6.07, 6.45) is 2.17. The first-order valence-electron chi connectivity index (χ1n) is 5.45. The molecule has 0 saturated heterocycles. The van der Waals surface area contributed by atoms with Gasteiger partial charge in [-0.15, -0.1) is 0 Å². The number of anilines is 1. The van der Waals surface area contributed by atoms with E-state index in [4.69, 9.17) is 11.6 Å². The number of pyridine rings is 1. The summed E-state index contributed by atoms with van der Waals surface area (Å²) in [4.78, 5) is 4.15.